The lowest BCUT2D eigenvalue weighted by atomic mass is 10.1. The van der Waals surface area contributed by atoms with Gasteiger partial charge in [-0.05, 0) is 61.4 Å². The molecular formula is C22H26N2O3S. The second-order valence-corrected chi connectivity index (χ2v) is 9.43. The van der Waals surface area contributed by atoms with Gasteiger partial charge in [-0.1, -0.05) is 37.3 Å². The molecule has 4 rings (SSSR count). The van der Waals surface area contributed by atoms with E-state index in [0.29, 0.717) is 25.8 Å². The summed E-state index contributed by atoms with van der Waals surface area (Å²) in [6.07, 6.45) is 4.02. The van der Waals surface area contributed by atoms with Crippen LogP contribution in [-0.2, 0) is 27.7 Å². The number of benzene rings is 2. The molecule has 1 N–H and O–H groups in total. The summed E-state index contributed by atoms with van der Waals surface area (Å²) in [5, 5.41) is 0. The number of hydrogen-bond donors (Lipinski definition) is 1. The summed E-state index contributed by atoms with van der Waals surface area (Å²) in [6, 6.07) is 14.9. The standard InChI is InChI=1S/C22H26N2O3S/c1-2-19(14-16-6-4-3-5-7-16)23-28(26,27)20-10-11-21-18(15-20)12-13-24(21)22(25)17-8-9-17/h3-7,10-11,15,17,19,23H,2,8-9,12-14H2,1H3/t19-/m1/s1. The summed E-state index contributed by atoms with van der Waals surface area (Å²) in [7, 11) is -3.61. The minimum Gasteiger partial charge on any atom is -0.312 e. The fourth-order valence-electron chi connectivity index (χ4n) is 3.78. The Bertz CT molecular complexity index is 969. The van der Waals surface area contributed by atoms with Gasteiger partial charge in [-0.2, -0.15) is 0 Å². The maximum absolute atomic E-state index is 12.9. The SMILES string of the molecule is CC[C@H](Cc1ccccc1)NS(=O)(=O)c1ccc2c(c1)CCN2C(=O)C1CC1. The molecule has 2 aromatic carbocycles. The van der Waals surface area contributed by atoms with Crippen LogP contribution >= 0.6 is 0 Å². The van der Waals surface area contributed by atoms with Gasteiger partial charge in [-0.3, -0.25) is 4.79 Å². The third kappa shape index (κ3) is 3.98. The monoisotopic (exact) mass is 398 g/mol. The van der Waals surface area contributed by atoms with Gasteiger partial charge in [-0.25, -0.2) is 13.1 Å². The highest BCUT2D eigenvalue weighted by Gasteiger charge is 2.36. The van der Waals surface area contributed by atoms with E-state index in [1.807, 2.05) is 42.2 Å². The predicted molar refractivity (Wildman–Crippen MR) is 110 cm³/mol. The van der Waals surface area contributed by atoms with E-state index in [9.17, 15) is 13.2 Å². The Kier molecular flexibility index (Phi) is 5.25. The lowest BCUT2D eigenvalue weighted by molar-refractivity contribution is -0.119. The predicted octanol–water partition coefficient (Wildman–Crippen LogP) is 3.29. The highest BCUT2D eigenvalue weighted by Crippen LogP contribution is 2.37. The van der Waals surface area contributed by atoms with Gasteiger partial charge in [0.25, 0.3) is 0 Å². The third-order valence-electron chi connectivity index (χ3n) is 5.59. The first-order valence-electron chi connectivity index (χ1n) is 9.98. The minimum atomic E-state index is -3.61. The molecule has 0 spiro atoms. The Morgan fingerprint density at radius 2 is 1.93 bits per heavy atom. The molecule has 0 aromatic heterocycles. The van der Waals surface area contributed by atoms with Crippen molar-refractivity contribution in [3.8, 4) is 0 Å². The zero-order valence-electron chi connectivity index (χ0n) is 16.1. The van der Waals surface area contributed by atoms with Crippen LogP contribution in [0, 0.1) is 5.92 Å². The lowest BCUT2D eigenvalue weighted by Crippen LogP contribution is -2.36. The highest BCUT2D eigenvalue weighted by atomic mass is 32.2. The van der Waals surface area contributed by atoms with Crippen LogP contribution in [0.1, 0.15) is 37.3 Å². The summed E-state index contributed by atoms with van der Waals surface area (Å²) in [5.41, 5.74) is 2.92. The molecule has 1 aliphatic heterocycles. The van der Waals surface area contributed by atoms with Crippen LogP contribution in [0.5, 0.6) is 0 Å². The van der Waals surface area contributed by atoms with Crippen molar-refractivity contribution in [2.45, 2.75) is 50.0 Å². The number of carbonyl (C=O) groups excluding carboxylic acids is 1. The number of hydrogen-bond acceptors (Lipinski definition) is 3. The Labute approximate surface area is 166 Å². The van der Waals surface area contributed by atoms with Gasteiger partial charge < -0.3 is 4.90 Å². The Morgan fingerprint density at radius 1 is 1.18 bits per heavy atom. The Balaban J connectivity index is 1.50. The number of fused-ring (bicyclic) bond motifs is 1. The van der Waals surface area contributed by atoms with Crippen LogP contribution in [0.4, 0.5) is 5.69 Å². The van der Waals surface area contributed by atoms with Gasteiger partial charge in [0.1, 0.15) is 0 Å². The molecule has 0 bridgehead atoms. The molecular weight excluding hydrogens is 372 g/mol. The summed E-state index contributed by atoms with van der Waals surface area (Å²) >= 11 is 0. The first-order valence-corrected chi connectivity index (χ1v) is 11.5. The van der Waals surface area contributed by atoms with Crippen LogP contribution < -0.4 is 9.62 Å². The van der Waals surface area contributed by atoms with Crippen molar-refractivity contribution < 1.29 is 13.2 Å². The number of carbonyl (C=O) groups is 1. The lowest BCUT2D eigenvalue weighted by Gasteiger charge is -2.19. The van der Waals surface area contributed by atoms with E-state index in [4.69, 9.17) is 0 Å². The quantitative estimate of drug-likeness (QED) is 0.778. The van der Waals surface area contributed by atoms with Crippen molar-refractivity contribution >= 4 is 21.6 Å². The number of nitrogens with zero attached hydrogens (tertiary/aromatic N) is 1. The summed E-state index contributed by atoms with van der Waals surface area (Å²) in [5.74, 6) is 0.348. The van der Waals surface area contributed by atoms with E-state index >= 15 is 0 Å². The van der Waals surface area contributed by atoms with Gasteiger partial charge in [0.05, 0.1) is 4.90 Å². The largest absolute Gasteiger partial charge is 0.312 e. The van der Waals surface area contributed by atoms with Crippen molar-refractivity contribution in [2.24, 2.45) is 5.92 Å². The number of amides is 1. The van der Waals surface area contributed by atoms with Crippen molar-refractivity contribution in [1.29, 1.82) is 0 Å². The molecule has 148 valence electrons. The second kappa shape index (κ2) is 7.68. The van der Waals surface area contributed by atoms with Gasteiger partial charge >= 0.3 is 0 Å². The Hall–Kier alpha value is -2.18. The van der Waals surface area contributed by atoms with Crippen LogP contribution in [0.25, 0.3) is 0 Å². The molecule has 5 nitrogen and oxygen atoms in total. The van der Waals surface area contributed by atoms with Crippen LogP contribution in [-0.4, -0.2) is 26.9 Å². The second-order valence-electron chi connectivity index (χ2n) is 7.72. The van der Waals surface area contributed by atoms with Crippen LogP contribution in [0.2, 0.25) is 0 Å². The van der Waals surface area contributed by atoms with Gasteiger partial charge in [0, 0.05) is 24.2 Å². The zero-order chi connectivity index (χ0) is 19.7. The summed E-state index contributed by atoms with van der Waals surface area (Å²) in [4.78, 5) is 14.5. The molecule has 28 heavy (non-hydrogen) atoms. The van der Waals surface area contributed by atoms with Crippen molar-refractivity contribution in [1.82, 2.24) is 4.72 Å². The van der Waals surface area contributed by atoms with Crippen LogP contribution in [0.15, 0.2) is 53.4 Å². The first-order chi connectivity index (χ1) is 13.5. The molecule has 1 atom stereocenters. The van der Waals surface area contributed by atoms with Gasteiger partial charge in [0.2, 0.25) is 15.9 Å². The maximum Gasteiger partial charge on any atom is 0.240 e. The highest BCUT2D eigenvalue weighted by molar-refractivity contribution is 7.89. The molecule has 1 heterocycles. The molecule has 1 saturated carbocycles. The number of anilines is 1. The molecule has 0 unspecified atom stereocenters. The van der Waals surface area contributed by atoms with E-state index < -0.39 is 10.0 Å². The molecule has 0 saturated heterocycles. The fraction of sp³-hybridized carbons (Fsp3) is 0.409. The van der Waals surface area contributed by atoms with Crippen molar-refractivity contribution in [3.63, 3.8) is 0 Å². The molecule has 2 aliphatic rings. The fourth-order valence-corrected chi connectivity index (χ4v) is 5.15. The van der Waals surface area contributed by atoms with Crippen LogP contribution in [0.3, 0.4) is 0 Å². The smallest absolute Gasteiger partial charge is 0.240 e. The van der Waals surface area contributed by atoms with E-state index in [-0.39, 0.29) is 22.8 Å². The average Bonchev–Trinajstić information content (AvgIpc) is 3.46. The topological polar surface area (TPSA) is 66.5 Å². The molecule has 2 aromatic rings. The molecule has 1 aliphatic carbocycles. The van der Waals surface area contributed by atoms with Crippen molar-refractivity contribution in [2.75, 3.05) is 11.4 Å². The number of rotatable bonds is 7. The summed E-state index contributed by atoms with van der Waals surface area (Å²) in [6.45, 7) is 2.63. The molecule has 6 heteroatoms. The van der Waals surface area contributed by atoms with Gasteiger partial charge in [-0.15, -0.1) is 0 Å². The van der Waals surface area contributed by atoms with E-state index in [1.54, 1.807) is 18.2 Å². The third-order valence-corrected chi connectivity index (χ3v) is 7.11. The molecule has 1 amide bonds. The van der Waals surface area contributed by atoms with E-state index in [1.165, 1.54) is 0 Å². The normalized spacial score (nSPS) is 17.4. The summed E-state index contributed by atoms with van der Waals surface area (Å²) < 4.78 is 28.7. The zero-order valence-corrected chi connectivity index (χ0v) is 16.9. The van der Waals surface area contributed by atoms with Gasteiger partial charge in [0.15, 0.2) is 0 Å². The maximum atomic E-state index is 12.9. The average molecular weight is 399 g/mol. The number of nitrogens with one attached hydrogen (secondary N) is 1. The first kappa shape index (κ1) is 19.2. The molecule has 0 radical (unpaired) electrons. The molecule has 1 fully saturated rings. The minimum absolute atomic E-state index is 0.159. The Morgan fingerprint density at radius 3 is 2.61 bits per heavy atom. The van der Waals surface area contributed by atoms with Crippen molar-refractivity contribution in [3.05, 3.63) is 59.7 Å². The van der Waals surface area contributed by atoms with E-state index in [0.717, 1.165) is 29.7 Å². The van der Waals surface area contributed by atoms with E-state index in [2.05, 4.69) is 4.72 Å². The number of sulfonamides is 1.